The van der Waals surface area contributed by atoms with Gasteiger partial charge in [-0.2, -0.15) is 0 Å². The molecule has 0 fully saturated rings. The highest BCUT2D eigenvalue weighted by Gasteiger charge is 2.20. The Balaban J connectivity index is 1.04. The predicted molar refractivity (Wildman–Crippen MR) is 238 cm³/mol. The van der Waals surface area contributed by atoms with E-state index in [-0.39, 0.29) is 0 Å². The summed E-state index contributed by atoms with van der Waals surface area (Å²) in [6.07, 6.45) is 0. The Morgan fingerprint density at radius 3 is 1.81 bits per heavy atom. The first-order valence-corrected chi connectivity index (χ1v) is 19.5. The largest absolute Gasteiger partial charge is 0.456 e. The zero-order valence-corrected chi connectivity index (χ0v) is 31.2. The van der Waals surface area contributed by atoms with Crippen LogP contribution >= 0.6 is 0 Å². The molecule has 12 aromatic rings. The van der Waals surface area contributed by atoms with Crippen molar-refractivity contribution in [1.29, 1.82) is 0 Å². The van der Waals surface area contributed by atoms with Gasteiger partial charge in [-0.3, -0.25) is 0 Å². The van der Waals surface area contributed by atoms with Gasteiger partial charge in [-0.25, -0.2) is 15.0 Å². The number of hydrogen-bond acceptors (Lipinski definition) is 4. The first-order valence-electron chi connectivity index (χ1n) is 19.5. The molecule has 58 heavy (non-hydrogen) atoms. The number of para-hydroxylation sites is 1. The second-order valence-corrected chi connectivity index (χ2v) is 14.8. The Morgan fingerprint density at radius 2 is 0.983 bits per heavy atom. The van der Waals surface area contributed by atoms with Crippen LogP contribution in [0.25, 0.3) is 116 Å². The van der Waals surface area contributed by atoms with Crippen molar-refractivity contribution >= 4 is 65.3 Å². The van der Waals surface area contributed by atoms with E-state index in [1.54, 1.807) is 0 Å². The van der Waals surface area contributed by atoms with E-state index in [4.69, 9.17) is 19.4 Å². The fourth-order valence-electron chi connectivity index (χ4n) is 8.60. The molecule has 3 aromatic heterocycles. The van der Waals surface area contributed by atoms with Gasteiger partial charge in [0.1, 0.15) is 11.2 Å². The van der Waals surface area contributed by atoms with Crippen LogP contribution in [0, 0.1) is 0 Å². The predicted octanol–water partition coefficient (Wildman–Crippen LogP) is 13.8. The molecule has 0 atom stereocenters. The molecule has 9 aromatic carbocycles. The minimum Gasteiger partial charge on any atom is -0.456 e. The van der Waals surface area contributed by atoms with Crippen molar-refractivity contribution in [3.05, 3.63) is 194 Å². The molecule has 0 N–H and O–H groups in total. The Morgan fingerprint density at radius 1 is 0.345 bits per heavy atom. The lowest BCUT2D eigenvalue weighted by Crippen LogP contribution is -2.00. The lowest BCUT2D eigenvalue weighted by Gasteiger charge is -2.11. The van der Waals surface area contributed by atoms with Gasteiger partial charge in [0, 0.05) is 50.0 Å². The molecule has 0 unspecified atom stereocenters. The summed E-state index contributed by atoms with van der Waals surface area (Å²) < 4.78 is 9.05. The normalized spacial score (nSPS) is 11.8. The van der Waals surface area contributed by atoms with Crippen LogP contribution in [0.2, 0.25) is 0 Å². The number of aromatic nitrogens is 4. The van der Waals surface area contributed by atoms with Gasteiger partial charge in [0.2, 0.25) is 0 Å². The fourth-order valence-corrected chi connectivity index (χ4v) is 8.60. The van der Waals surface area contributed by atoms with Crippen molar-refractivity contribution in [3.63, 3.8) is 0 Å². The highest BCUT2D eigenvalue weighted by atomic mass is 16.3. The molecule has 3 heterocycles. The number of fused-ring (bicyclic) bond motifs is 8. The number of hydrogen-bond donors (Lipinski definition) is 0. The zero-order chi connectivity index (χ0) is 38.2. The molecule has 270 valence electrons. The summed E-state index contributed by atoms with van der Waals surface area (Å²) >= 11 is 0. The Kier molecular flexibility index (Phi) is 7.16. The summed E-state index contributed by atoms with van der Waals surface area (Å²) in [4.78, 5) is 15.5. The maximum Gasteiger partial charge on any atom is 0.164 e. The standard InChI is InChI=1S/C53H32N4O/c1-2-11-33(12-3-1)35-21-24-36(25-22-35)51-54-52(40-26-23-34-13-4-5-14-37(34)29-40)56-53(55-51)44-18-10-20-48-50(44)43-28-27-41(32-49(43)58-48)57-46-19-9-8-17-42(46)45-30-38-15-6-7-16-39(38)31-47(45)57/h1-32H. The second kappa shape index (κ2) is 12.8. The first-order chi connectivity index (χ1) is 28.7. The number of rotatable bonds is 5. The molecule has 0 aliphatic carbocycles. The Labute approximate surface area is 333 Å². The van der Waals surface area contributed by atoms with Gasteiger partial charge in [-0.1, -0.05) is 146 Å². The SMILES string of the molecule is c1ccc(-c2ccc(-c3nc(-c4ccc5ccccc5c4)nc(-c4cccc5oc6cc(-n7c8ccccc8c8cc9ccccc9cc87)ccc6c45)n3)cc2)cc1. The highest BCUT2D eigenvalue weighted by molar-refractivity contribution is 6.15. The Bertz CT molecular complexity index is 3560. The van der Waals surface area contributed by atoms with Crippen molar-refractivity contribution in [3.8, 4) is 51.0 Å². The maximum absolute atomic E-state index is 6.70. The van der Waals surface area contributed by atoms with Crippen LogP contribution in [0.3, 0.4) is 0 Å². The lowest BCUT2D eigenvalue weighted by molar-refractivity contribution is 0.668. The zero-order valence-electron chi connectivity index (χ0n) is 31.2. The molecule has 0 bridgehead atoms. The van der Waals surface area contributed by atoms with E-state index in [1.165, 1.54) is 26.9 Å². The minimum absolute atomic E-state index is 0.590. The number of nitrogens with zero attached hydrogens (tertiary/aromatic N) is 4. The van der Waals surface area contributed by atoms with E-state index in [1.807, 2.05) is 18.2 Å². The van der Waals surface area contributed by atoms with Crippen molar-refractivity contribution < 1.29 is 4.42 Å². The molecule has 0 aliphatic heterocycles. The molecule has 0 radical (unpaired) electrons. The number of furan rings is 1. The molecule has 0 aliphatic rings. The fraction of sp³-hybridized carbons (Fsp3) is 0. The van der Waals surface area contributed by atoms with Gasteiger partial charge >= 0.3 is 0 Å². The van der Waals surface area contributed by atoms with E-state index >= 15 is 0 Å². The molecule has 0 saturated heterocycles. The first kappa shape index (κ1) is 32.4. The third kappa shape index (κ3) is 5.21. The van der Waals surface area contributed by atoms with Gasteiger partial charge in [-0.15, -0.1) is 0 Å². The van der Waals surface area contributed by atoms with Crippen molar-refractivity contribution in [2.24, 2.45) is 0 Å². The van der Waals surface area contributed by atoms with Gasteiger partial charge in [0.25, 0.3) is 0 Å². The lowest BCUT2D eigenvalue weighted by atomic mass is 10.0. The summed E-state index contributed by atoms with van der Waals surface area (Å²) in [7, 11) is 0. The quantitative estimate of drug-likeness (QED) is 0.176. The van der Waals surface area contributed by atoms with Crippen LogP contribution in [0.4, 0.5) is 0 Å². The minimum atomic E-state index is 0.590. The monoisotopic (exact) mass is 740 g/mol. The van der Waals surface area contributed by atoms with Crippen LogP contribution in [-0.4, -0.2) is 19.5 Å². The van der Waals surface area contributed by atoms with Gasteiger partial charge < -0.3 is 8.98 Å². The average Bonchev–Trinajstić information content (AvgIpc) is 3.83. The maximum atomic E-state index is 6.70. The van der Waals surface area contributed by atoms with E-state index < -0.39 is 0 Å². The molecular weight excluding hydrogens is 709 g/mol. The van der Waals surface area contributed by atoms with E-state index in [9.17, 15) is 0 Å². The molecule has 12 rings (SSSR count). The summed E-state index contributed by atoms with van der Waals surface area (Å²) in [6, 6.07) is 68.1. The third-order valence-electron chi connectivity index (χ3n) is 11.4. The molecule has 0 amide bonds. The molecular formula is C53H32N4O. The molecule has 5 heteroatoms. The van der Waals surface area contributed by atoms with Crippen LogP contribution in [0.1, 0.15) is 0 Å². The van der Waals surface area contributed by atoms with Crippen molar-refractivity contribution in [1.82, 2.24) is 19.5 Å². The highest BCUT2D eigenvalue weighted by Crippen LogP contribution is 2.40. The topological polar surface area (TPSA) is 56.7 Å². The second-order valence-electron chi connectivity index (χ2n) is 14.8. The van der Waals surface area contributed by atoms with Crippen LogP contribution in [0.15, 0.2) is 199 Å². The van der Waals surface area contributed by atoms with E-state index in [0.29, 0.717) is 17.5 Å². The van der Waals surface area contributed by atoms with Crippen molar-refractivity contribution in [2.45, 2.75) is 0 Å². The van der Waals surface area contributed by atoms with E-state index in [0.717, 1.165) is 71.9 Å². The summed E-state index contributed by atoms with van der Waals surface area (Å²) in [5, 5.41) is 9.15. The van der Waals surface area contributed by atoms with Crippen LogP contribution in [-0.2, 0) is 0 Å². The summed E-state index contributed by atoms with van der Waals surface area (Å²) in [5.74, 6) is 1.81. The molecule has 0 spiro atoms. The van der Waals surface area contributed by atoms with Crippen molar-refractivity contribution in [2.75, 3.05) is 0 Å². The smallest absolute Gasteiger partial charge is 0.164 e. The molecule has 5 nitrogen and oxygen atoms in total. The van der Waals surface area contributed by atoms with E-state index in [2.05, 4.69) is 180 Å². The number of benzene rings is 9. The Hall–Kier alpha value is -7.89. The summed E-state index contributed by atoms with van der Waals surface area (Å²) in [5.41, 5.74) is 9.95. The van der Waals surface area contributed by atoms with Gasteiger partial charge in [0.15, 0.2) is 17.5 Å². The average molecular weight is 741 g/mol. The van der Waals surface area contributed by atoms with Crippen LogP contribution < -0.4 is 0 Å². The summed E-state index contributed by atoms with van der Waals surface area (Å²) in [6.45, 7) is 0. The van der Waals surface area contributed by atoms with Crippen LogP contribution in [0.5, 0.6) is 0 Å². The third-order valence-corrected chi connectivity index (χ3v) is 11.4. The van der Waals surface area contributed by atoms with Gasteiger partial charge in [0.05, 0.1) is 11.0 Å². The molecule has 0 saturated carbocycles. The van der Waals surface area contributed by atoms with Gasteiger partial charge in [-0.05, 0) is 75.1 Å².